The number of hydrogen-bond acceptors (Lipinski definition) is 1. The van der Waals surface area contributed by atoms with Gasteiger partial charge in [0.15, 0.2) is 5.60 Å². The number of hydrogen-bond donors (Lipinski definition) is 1. The van der Waals surface area contributed by atoms with E-state index in [2.05, 4.69) is 88.3 Å². The maximum atomic E-state index is 6.79. The summed E-state index contributed by atoms with van der Waals surface area (Å²) in [5, 5.41) is 0. The number of likely N-dealkylation sites (N-methyl/N-ethyl adjacent to an activating group) is 1. The van der Waals surface area contributed by atoms with Crippen LogP contribution < -0.4 is 4.81 Å². The van der Waals surface area contributed by atoms with Gasteiger partial charge in [-0.15, -0.1) is 0 Å². The molecule has 3 rings (SSSR count). The molecule has 2 atom stereocenters. The molecule has 0 spiro atoms. The van der Waals surface area contributed by atoms with Crippen LogP contribution >= 0.6 is 0 Å². The fraction of sp³-hybridized carbons (Fsp3) is 0.400. The van der Waals surface area contributed by atoms with E-state index in [1.165, 1.54) is 15.9 Å². The van der Waals surface area contributed by atoms with Gasteiger partial charge in [0.25, 0.3) is 0 Å². The first kappa shape index (κ1) is 16.3. The van der Waals surface area contributed by atoms with Crippen LogP contribution in [0.15, 0.2) is 60.7 Å². The molecule has 120 valence electrons. The van der Waals surface area contributed by atoms with E-state index in [4.69, 9.17) is 4.65 Å². The van der Waals surface area contributed by atoms with Gasteiger partial charge in [0, 0.05) is 13.2 Å². The van der Waals surface area contributed by atoms with Crippen LogP contribution in [0.3, 0.4) is 0 Å². The van der Waals surface area contributed by atoms with Crippen molar-refractivity contribution in [1.82, 2.24) is 0 Å². The lowest BCUT2D eigenvalue weighted by atomic mass is 9.69. The van der Waals surface area contributed by atoms with E-state index in [-0.39, 0.29) is 12.6 Å². The Labute approximate surface area is 140 Å². The van der Waals surface area contributed by atoms with Gasteiger partial charge in [-0.05, 0) is 25.0 Å². The van der Waals surface area contributed by atoms with Crippen molar-refractivity contribution in [2.45, 2.75) is 45.2 Å². The van der Waals surface area contributed by atoms with Gasteiger partial charge in [-0.3, -0.25) is 0 Å². The van der Waals surface area contributed by atoms with Gasteiger partial charge in [-0.2, -0.15) is 0 Å². The fourth-order valence-electron chi connectivity index (χ4n) is 4.58. The molecule has 2 unspecified atom stereocenters. The van der Waals surface area contributed by atoms with Crippen molar-refractivity contribution >= 4 is 7.05 Å². The Morgan fingerprint density at radius 1 is 0.913 bits per heavy atom. The van der Waals surface area contributed by atoms with Crippen molar-refractivity contribution in [2.24, 2.45) is 0 Å². The van der Waals surface area contributed by atoms with Crippen molar-refractivity contribution in [3.63, 3.8) is 0 Å². The molecule has 0 saturated carbocycles. The molecule has 1 aliphatic heterocycles. The molecule has 1 N–H and O–H groups in total. The van der Waals surface area contributed by atoms with Crippen LogP contribution in [0.2, 0.25) is 6.82 Å². The summed E-state index contributed by atoms with van der Waals surface area (Å²) in [6.07, 6.45) is 1.06. The Morgan fingerprint density at radius 3 is 1.78 bits per heavy atom. The second-order valence-electron chi connectivity index (χ2n) is 6.74. The molecule has 2 aromatic rings. The highest BCUT2D eigenvalue weighted by molar-refractivity contribution is 6.41. The summed E-state index contributed by atoms with van der Waals surface area (Å²) in [7, 11) is 0.172. The fourth-order valence-corrected chi connectivity index (χ4v) is 4.58. The highest BCUT2D eigenvalue weighted by Gasteiger charge is 2.66. The molecule has 23 heavy (non-hydrogen) atoms. The number of quaternary nitrogens is 1. The number of nitrogens with one attached hydrogen (secondary N) is 1. The van der Waals surface area contributed by atoms with E-state index in [1.54, 1.807) is 0 Å². The topological polar surface area (TPSA) is 13.7 Å². The third-order valence-corrected chi connectivity index (χ3v) is 5.78. The lowest BCUT2D eigenvalue weighted by molar-refractivity contribution is -0.845. The van der Waals surface area contributed by atoms with Crippen molar-refractivity contribution in [3.8, 4) is 0 Å². The second kappa shape index (κ2) is 6.14. The minimum absolute atomic E-state index is 0.0100. The van der Waals surface area contributed by atoms with Crippen molar-refractivity contribution in [2.75, 3.05) is 6.54 Å². The van der Waals surface area contributed by atoms with Gasteiger partial charge in [-0.25, -0.2) is 0 Å². The summed E-state index contributed by atoms with van der Waals surface area (Å²) in [5.41, 5.74) is 2.09. The summed E-state index contributed by atoms with van der Waals surface area (Å²) in [4.78, 5) is 1.52. The molecule has 0 bridgehead atoms. The van der Waals surface area contributed by atoms with Crippen LogP contribution in [0.1, 0.15) is 38.3 Å². The molecule has 1 aliphatic rings. The Kier molecular flexibility index (Phi) is 4.35. The summed E-state index contributed by atoms with van der Waals surface area (Å²) in [6, 6.07) is 21.5. The van der Waals surface area contributed by atoms with Crippen LogP contribution in [0, 0.1) is 0 Å². The zero-order valence-electron chi connectivity index (χ0n) is 14.7. The smallest absolute Gasteiger partial charge is 0.371 e. The number of benzene rings is 2. The predicted molar refractivity (Wildman–Crippen MR) is 96.6 cm³/mol. The van der Waals surface area contributed by atoms with Crippen molar-refractivity contribution in [1.29, 1.82) is 0 Å². The highest BCUT2D eigenvalue weighted by Crippen LogP contribution is 2.46. The molecule has 0 radical (unpaired) electrons. The molecule has 1 heterocycles. The van der Waals surface area contributed by atoms with E-state index in [9.17, 15) is 0 Å². The highest BCUT2D eigenvalue weighted by atomic mass is 16.5. The molecule has 0 amide bonds. The van der Waals surface area contributed by atoms with Crippen LogP contribution in [-0.2, 0) is 10.3 Å². The third-order valence-electron chi connectivity index (χ3n) is 5.78. The molecule has 2 nitrogen and oxygen atoms in total. The molecular weight excluding hydrogens is 281 g/mol. The summed E-state index contributed by atoms with van der Waals surface area (Å²) < 4.78 is 6.79. The lowest BCUT2D eigenvalue weighted by Crippen LogP contribution is -3.22. The maximum Gasteiger partial charge on any atom is 0.571 e. The van der Waals surface area contributed by atoms with Crippen LogP contribution in [-0.4, -0.2) is 19.1 Å². The molecular formula is C20H27BNO+. The Morgan fingerprint density at radius 2 is 1.39 bits per heavy atom. The van der Waals surface area contributed by atoms with Gasteiger partial charge in [0.2, 0.25) is 0 Å². The Bertz CT molecular complexity index is 606. The van der Waals surface area contributed by atoms with Gasteiger partial charge in [0.05, 0.1) is 6.54 Å². The largest absolute Gasteiger partial charge is 0.571 e. The Balaban J connectivity index is 2.29. The zero-order valence-corrected chi connectivity index (χ0v) is 14.7. The molecule has 0 aliphatic carbocycles. The summed E-state index contributed by atoms with van der Waals surface area (Å²) >= 11 is 0. The van der Waals surface area contributed by atoms with Crippen LogP contribution in [0.25, 0.3) is 0 Å². The quantitative estimate of drug-likeness (QED) is 0.857. The standard InChI is InChI=1S/C20H26BNO/c1-5-19(3)20(17-13-9-7-10-14-17,18-15-11-8-12-16-18)23-21(4)22(19)6-2/h7-16H,5-6H2,1-4H3/p+1. The number of rotatable bonds is 4. The third kappa shape index (κ3) is 2.26. The average molecular weight is 308 g/mol. The average Bonchev–Trinajstić information content (AvgIpc) is 2.84. The van der Waals surface area contributed by atoms with Gasteiger partial charge < -0.3 is 9.47 Å². The van der Waals surface area contributed by atoms with Crippen molar-refractivity contribution < 1.29 is 9.47 Å². The first-order valence-corrected chi connectivity index (χ1v) is 8.75. The molecule has 0 aromatic heterocycles. The zero-order chi connectivity index (χ0) is 16.5. The molecule has 2 aromatic carbocycles. The Hall–Kier alpha value is -1.58. The molecule has 3 heteroatoms. The molecule has 1 saturated heterocycles. The molecule has 1 fully saturated rings. The van der Waals surface area contributed by atoms with E-state index in [0.717, 1.165) is 13.0 Å². The van der Waals surface area contributed by atoms with Gasteiger partial charge in [0.1, 0.15) is 5.54 Å². The van der Waals surface area contributed by atoms with Crippen LogP contribution in [0.5, 0.6) is 0 Å². The van der Waals surface area contributed by atoms with E-state index >= 15 is 0 Å². The first-order chi connectivity index (χ1) is 11.1. The minimum Gasteiger partial charge on any atom is -0.371 e. The van der Waals surface area contributed by atoms with Crippen molar-refractivity contribution in [3.05, 3.63) is 71.8 Å². The first-order valence-electron chi connectivity index (χ1n) is 8.75. The predicted octanol–water partition coefficient (Wildman–Crippen LogP) is 3.15. The SMILES string of the molecule is CC[NH+]1B(C)OC(c2ccccc2)(c2ccccc2)C1(C)CC. The van der Waals surface area contributed by atoms with Gasteiger partial charge in [-0.1, -0.05) is 67.6 Å². The summed E-state index contributed by atoms with van der Waals surface area (Å²) in [6.45, 7) is 10.2. The van der Waals surface area contributed by atoms with Gasteiger partial charge >= 0.3 is 7.05 Å². The van der Waals surface area contributed by atoms with E-state index < -0.39 is 5.60 Å². The summed E-state index contributed by atoms with van der Waals surface area (Å²) in [5.74, 6) is 0. The van der Waals surface area contributed by atoms with Crippen LogP contribution in [0.4, 0.5) is 0 Å². The second-order valence-corrected chi connectivity index (χ2v) is 6.74. The minimum atomic E-state index is -0.408. The van der Waals surface area contributed by atoms with E-state index in [1.807, 2.05) is 0 Å². The maximum absolute atomic E-state index is 6.79. The normalized spacial score (nSPS) is 26.4. The van der Waals surface area contributed by atoms with E-state index in [0.29, 0.717) is 0 Å². The lowest BCUT2D eigenvalue weighted by Gasteiger charge is -2.44. The monoisotopic (exact) mass is 308 g/mol.